The molecule has 148 valence electrons. The van der Waals surface area contributed by atoms with Gasteiger partial charge in [-0.15, -0.1) is 11.3 Å². The molecule has 1 amide bonds. The molecule has 1 aliphatic rings. The summed E-state index contributed by atoms with van der Waals surface area (Å²) in [6, 6.07) is 10.3. The predicted octanol–water partition coefficient (Wildman–Crippen LogP) is 3.00. The normalized spacial score (nSPS) is 15.1. The van der Waals surface area contributed by atoms with Crippen molar-refractivity contribution in [1.29, 1.82) is 0 Å². The fourth-order valence-electron chi connectivity index (χ4n) is 3.26. The van der Waals surface area contributed by atoms with Crippen LogP contribution in [0.4, 0.5) is 0 Å². The predicted molar refractivity (Wildman–Crippen MR) is 115 cm³/mol. The Morgan fingerprint density at radius 2 is 1.93 bits per heavy atom. The quantitative estimate of drug-likeness (QED) is 0.631. The number of rotatable bonds is 6. The van der Waals surface area contributed by atoms with Crippen molar-refractivity contribution in [1.82, 2.24) is 24.8 Å². The highest BCUT2D eigenvalue weighted by Gasteiger charge is 2.21. The summed E-state index contributed by atoms with van der Waals surface area (Å²) in [5.41, 5.74) is 2.76. The minimum absolute atomic E-state index is 0.139. The van der Waals surface area contributed by atoms with Crippen LogP contribution in [-0.2, 0) is 11.2 Å². The second-order valence-electron chi connectivity index (χ2n) is 6.91. The fourth-order valence-corrected chi connectivity index (χ4v) is 4.04. The Morgan fingerprint density at radius 3 is 2.69 bits per heavy atom. The molecule has 0 aliphatic carbocycles. The van der Waals surface area contributed by atoms with Crippen LogP contribution in [0, 0.1) is 0 Å². The summed E-state index contributed by atoms with van der Waals surface area (Å²) in [7, 11) is 0. The lowest BCUT2D eigenvalue weighted by Gasteiger charge is -2.34. The largest absolute Gasteiger partial charge is 0.340 e. The zero-order chi connectivity index (χ0) is 19.9. The second kappa shape index (κ2) is 9.54. The Morgan fingerprint density at radius 1 is 1.10 bits per heavy atom. The summed E-state index contributed by atoms with van der Waals surface area (Å²) in [5, 5.41) is 2.74. The molecule has 4 rings (SSSR count). The summed E-state index contributed by atoms with van der Waals surface area (Å²) < 4.78 is 0. The van der Waals surface area contributed by atoms with Crippen LogP contribution in [0.25, 0.3) is 16.8 Å². The number of aromatic nitrogens is 3. The molecule has 2 aromatic heterocycles. The maximum atomic E-state index is 12.6. The molecule has 1 saturated heterocycles. The molecule has 1 aliphatic heterocycles. The van der Waals surface area contributed by atoms with Gasteiger partial charge in [-0.25, -0.2) is 4.98 Å². The second-order valence-corrected chi connectivity index (χ2v) is 7.76. The molecule has 0 bridgehead atoms. The van der Waals surface area contributed by atoms with Crippen LogP contribution in [0.5, 0.6) is 0 Å². The van der Waals surface area contributed by atoms with E-state index in [1.807, 2.05) is 28.5 Å². The van der Waals surface area contributed by atoms with Gasteiger partial charge in [0.2, 0.25) is 5.91 Å². The van der Waals surface area contributed by atoms with Gasteiger partial charge in [0, 0.05) is 50.5 Å². The van der Waals surface area contributed by atoms with Crippen molar-refractivity contribution >= 4 is 23.3 Å². The van der Waals surface area contributed by atoms with Gasteiger partial charge < -0.3 is 4.90 Å². The fraction of sp³-hybridized carbons (Fsp3) is 0.273. The molecule has 0 atom stereocenters. The minimum Gasteiger partial charge on any atom is -0.340 e. The van der Waals surface area contributed by atoms with E-state index in [1.54, 1.807) is 18.6 Å². The highest BCUT2D eigenvalue weighted by Crippen LogP contribution is 2.21. The molecule has 7 heteroatoms. The van der Waals surface area contributed by atoms with Gasteiger partial charge in [-0.1, -0.05) is 42.5 Å². The minimum atomic E-state index is 0.139. The van der Waals surface area contributed by atoms with Crippen molar-refractivity contribution in [2.75, 3.05) is 32.7 Å². The van der Waals surface area contributed by atoms with Crippen LogP contribution in [-0.4, -0.2) is 63.4 Å². The molecule has 0 spiro atoms. The number of nitrogens with zero attached hydrogens (tertiary/aromatic N) is 5. The zero-order valence-electron chi connectivity index (χ0n) is 16.1. The molecule has 3 heterocycles. The van der Waals surface area contributed by atoms with E-state index in [1.165, 1.54) is 16.9 Å². The SMILES string of the molecule is O=C(Cc1csc(-c2cnccn2)n1)N1CCN(CC=Cc2ccccc2)CC1. The Bertz CT molecular complexity index is 950. The van der Waals surface area contributed by atoms with Gasteiger partial charge >= 0.3 is 0 Å². The number of benzene rings is 1. The third kappa shape index (κ3) is 5.34. The molecule has 6 nitrogen and oxygen atoms in total. The molecule has 1 aromatic carbocycles. The van der Waals surface area contributed by atoms with Gasteiger partial charge in [0.05, 0.1) is 18.3 Å². The van der Waals surface area contributed by atoms with Crippen molar-refractivity contribution in [2.45, 2.75) is 6.42 Å². The number of hydrogen-bond donors (Lipinski definition) is 0. The first-order valence-corrected chi connectivity index (χ1v) is 10.6. The van der Waals surface area contributed by atoms with Gasteiger partial charge in [-0.05, 0) is 5.56 Å². The van der Waals surface area contributed by atoms with E-state index < -0.39 is 0 Å². The molecular weight excluding hydrogens is 382 g/mol. The third-order valence-electron chi connectivity index (χ3n) is 4.86. The van der Waals surface area contributed by atoms with Gasteiger partial charge in [-0.3, -0.25) is 19.7 Å². The van der Waals surface area contributed by atoms with Crippen molar-refractivity contribution in [3.8, 4) is 10.7 Å². The zero-order valence-corrected chi connectivity index (χ0v) is 17.0. The molecule has 0 N–H and O–H groups in total. The van der Waals surface area contributed by atoms with E-state index in [-0.39, 0.29) is 5.91 Å². The van der Waals surface area contributed by atoms with Crippen molar-refractivity contribution in [3.05, 3.63) is 71.6 Å². The summed E-state index contributed by atoms with van der Waals surface area (Å²) in [4.78, 5) is 29.8. The molecule has 29 heavy (non-hydrogen) atoms. The van der Waals surface area contributed by atoms with Gasteiger partial charge in [0.25, 0.3) is 0 Å². The maximum absolute atomic E-state index is 12.6. The van der Waals surface area contributed by atoms with E-state index in [2.05, 4.69) is 44.1 Å². The van der Waals surface area contributed by atoms with Crippen molar-refractivity contribution in [3.63, 3.8) is 0 Å². The average molecular weight is 406 g/mol. The number of amides is 1. The lowest BCUT2D eigenvalue weighted by Crippen LogP contribution is -2.49. The number of thiazole rings is 1. The standard InChI is InChI=1S/C22H23N5OS/c28-21(15-19-17-29-22(25-19)20-16-23-8-9-24-20)27-13-11-26(12-14-27)10-4-7-18-5-2-1-3-6-18/h1-9,16-17H,10-15H2. The van der Waals surface area contributed by atoms with Crippen molar-refractivity contribution < 1.29 is 4.79 Å². The van der Waals surface area contributed by atoms with Gasteiger partial charge in [-0.2, -0.15) is 0 Å². The van der Waals surface area contributed by atoms with E-state index >= 15 is 0 Å². The molecule has 0 saturated carbocycles. The maximum Gasteiger partial charge on any atom is 0.228 e. The molecule has 3 aromatic rings. The van der Waals surface area contributed by atoms with E-state index in [0.29, 0.717) is 6.42 Å². The Hall–Kier alpha value is -2.90. The van der Waals surface area contributed by atoms with Crippen molar-refractivity contribution in [2.24, 2.45) is 0 Å². The first-order valence-electron chi connectivity index (χ1n) is 9.70. The molecule has 0 unspecified atom stereocenters. The van der Waals surface area contributed by atoms with Gasteiger partial charge in [0.1, 0.15) is 10.7 Å². The van der Waals surface area contributed by atoms with Gasteiger partial charge in [0.15, 0.2) is 0 Å². The smallest absolute Gasteiger partial charge is 0.228 e. The van der Waals surface area contributed by atoms with Crippen LogP contribution in [0.2, 0.25) is 0 Å². The summed E-state index contributed by atoms with van der Waals surface area (Å²) in [6.07, 6.45) is 9.65. The first kappa shape index (κ1) is 19.4. The first-order chi connectivity index (χ1) is 14.3. The highest BCUT2D eigenvalue weighted by molar-refractivity contribution is 7.13. The summed E-state index contributed by atoms with van der Waals surface area (Å²) >= 11 is 1.50. The molecule has 1 fully saturated rings. The molecule has 0 radical (unpaired) electrons. The third-order valence-corrected chi connectivity index (χ3v) is 5.78. The molecular formula is C22H23N5OS. The van der Waals surface area contributed by atoms with E-state index in [0.717, 1.165) is 49.1 Å². The Kier molecular flexibility index (Phi) is 6.38. The number of hydrogen-bond acceptors (Lipinski definition) is 6. The van der Waals surface area contributed by atoms with Crippen LogP contribution in [0.3, 0.4) is 0 Å². The Balaban J connectivity index is 1.24. The van der Waals surface area contributed by atoms with Crippen LogP contribution in [0.15, 0.2) is 60.4 Å². The lowest BCUT2D eigenvalue weighted by atomic mass is 10.2. The van der Waals surface area contributed by atoms with E-state index in [9.17, 15) is 4.79 Å². The monoisotopic (exact) mass is 405 g/mol. The summed E-state index contributed by atoms with van der Waals surface area (Å²) in [5.74, 6) is 0.139. The topological polar surface area (TPSA) is 62.2 Å². The average Bonchev–Trinajstić information content (AvgIpc) is 3.24. The summed E-state index contributed by atoms with van der Waals surface area (Å²) in [6.45, 7) is 4.22. The number of carbonyl (C=O) groups is 1. The Labute approximate surface area is 174 Å². The van der Waals surface area contributed by atoms with Crippen LogP contribution < -0.4 is 0 Å². The number of carbonyl (C=O) groups excluding carboxylic acids is 1. The van der Waals surface area contributed by atoms with Crippen LogP contribution in [0.1, 0.15) is 11.3 Å². The highest BCUT2D eigenvalue weighted by atomic mass is 32.1. The van der Waals surface area contributed by atoms with E-state index in [4.69, 9.17) is 0 Å². The number of piperazine rings is 1. The van der Waals surface area contributed by atoms with Crippen LogP contribution >= 0.6 is 11.3 Å². The lowest BCUT2D eigenvalue weighted by molar-refractivity contribution is -0.132.